The number of carbonyl (C=O) groups is 1. The summed E-state index contributed by atoms with van der Waals surface area (Å²) < 4.78 is 5.31. The molecule has 1 amide bonds. The molecule has 3 rings (SSSR count). The second kappa shape index (κ2) is 5.76. The normalized spacial score (nSPS) is 16.2. The van der Waals surface area contributed by atoms with Gasteiger partial charge in [0.15, 0.2) is 0 Å². The Bertz CT molecular complexity index is 713. The molecule has 0 spiro atoms. The number of rotatable bonds is 4. The van der Waals surface area contributed by atoms with E-state index in [2.05, 4.69) is 20.4 Å². The monoisotopic (exact) mass is 314 g/mol. The van der Waals surface area contributed by atoms with Crippen molar-refractivity contribution < 1.29 is 9.32 Å². The SMILES string of the molecule is C[C@H](NC(=O)C(C)(C)C)c1nc(-c2ccnc(C3CC3)c2)no1. The van der Waals surface area contributed by atoms with Crippen LogP contribution in [0.5, 0.6) is 0 Å². The number of carbonyl (C=O) groups excluding carboxylic acids is 1. The summed E-state index contributed by atoms with van der Waals surface area (Å²) in [6.45, 7) is 7.43. The lowest BCUT2D eigenvalue weighted by Crippen LogP contribution is -2.36. The highest BCUT2D eigenvalue weighted by molar-refractivity contribution is 5.81. The Balaban J connectivity index is 1.75. The standard InChI is InChI=1S/C17H22N4O2/c1-10(19-16(22)17(2,3)4)15-20-14(21-23-15)12-7-8-18-13(9-12)11-5-6-11/h7-11H,5-6H2,1-4H3,(H,19,22)/t10-/m0/s1. The molecule has 0 aliphatic heterocycles. The molecule has 0 bridgehead atoms. The number of aromatic nitrogens is 3. The van der Waals surface area contributed by atoms with Crippen molar-refractivity contribution in [2.24, 2.45) is 5.41 Å². The minimum absolute atomic E-state index is 0.0512. The van der Waals surface area contributed by atoms with E-state index in [0.29, 0.717) is 17.6 Å². The van der Waals surface area contributed by atoms with Gasteiger partial charge in [0.25, 0.3) is 0 Å². The lowest BCUT2D eigenvalue weighted by atomic mass is 9.95. The number of hydrogen-bond acceptors (Lipinski definition) is 5. The highest BCUT2D eigenvalue weighted by Crippen LogP contribution is 2.39. The van der Waals surface area contributed by atoms with E-state index in [-0.39, 0.29) is 11.9 Å². The Kier molecular flexibility index (Phi) is 3.92. The third-order valence-electron chi connectivity index (χ3n) is 3.88. The maximum Gasteiger partial charge on any atom is 0.249 e. The van der Waals surface area contributed by atoms with Gasteiger partial charge < -0.3 is 9.84 Å². The first-order chi connectivity index (χ1) is 10.8. The van der Waals surface area contributed by atoms with Crippen molar-refractivity contribution in [2.45, 2.75) is 52.5 Å². The highest BCUT2D eigenvalue weighted by atomic mass is 16.5. The molecule has 1 aliphatic rings. The van der Waals surface area contributed by atoms with Gasteiger partial charge in [-0.25, -0.2) is 0 Å². The largest absolute Gasteiger partial charge is 0.344 e. The minimum Gasteiger partial charge on any atom is -0.344 e. The van der Waals surface area contributed by atoms with Crippen molar-refractivity contribution in [3.8, 4) is 11.4 Å². The van der Waals surface area contributed by atoms with Crippen LogP contribution in [0.3, 0.4) is 0 Å². The summed E-state index contributed by atoms with van der Waals surface area (Å²) in [5.41, 5.74) is 1.52. The van der Waals surface area contributed by atoms with Crippen LogP contribution in [0.2, 0.25) is 0 Å². The Morgan fingerprint density at radius 2 is 2.13 bits per heavy atom. The van der Waals surface area contributed by atoms with Crippen LogP contribution in [0.15, 0.2) is 22.9 Å². The van der Waals surface area contributed by atoms with Gasteiger partial charge in [-0.3, -0.25) is 9.78 Å². The quantitative estimate of drug-likeness (QED) is 0.937. The maximum atomic E-state index is 12.0. The van der Waals surface area contributed by atoms with Crippen LogP contribution >= 0.6 is 0 Å². The molecule has 122 valence electrons. The molecule has 1 saturated carbocycles. The topological polar surface area (TPSA) is 80.9 Å². The molecular formula is C17H22N4O2. The lowest BCUT2D eigenvalue weighted by molar-refractivity contribution is -0.129. The van der Waals surface area contributed by atoms with Crippen molar-refractivity contribution in [3.63, 3.8) is 0 Å². The van der Waals surface area contributed by atoms with Crippen LogP contribution in [0.25, 0.3) is 11.4 Å². The molecule has 1 N–H and O–H groups in total. The molecule has 0 saturated heterocycles. The van der Waals surface area contributed by atoms with Gasteiger partial charge in [0.2, 0.25) is 17.6 Å². The summed E-state index contributed by atoms with van der Waals surface area (Å²) in [6.07, 6.45) is 4.18. The van der Waals surface area contributed by atoms with Crippen LogP contribution in [0.1, 0.15) is 64.1 Å². The molecular weight excluding hydrogens is 292 g/mol. The van der Waals surface area contributed by atoms with E-state index < -0.39 is 5.41 Å². The molecule has 1 atom stereocenters. The molecule has 1 fully saturated rings. The van der Waals surface area contributed by atoms with Gasteiger partial charge in [0.1, 0.15) is 6.04 Å². The van der Waals surface area contributed by atoms with E-state index in [1.54, 1.807) is 6.20 Å². The molecule has 1 aliphatic carbocycles. The molecule has 0 radical (unpaired) electrons. The molecule has 2 heterocycles. The van der Waals surface area contributed by atoms with Crippen molar-refractivity contribution in [1.82, 2.24) is 20.4 Å². The van der Waals surface area contributed by atoms with E-state index in [1.807, 2.05) is 39.8 Å². The van der Waals surface area contributed by atoms with Crippen molar-refractivity contribution >= 4 is 5.91 Å². The predicted octanol–water partition coefficient (Wildman–Crippen LogP) is 3.23. The Hall–Kier alpha value is -2.24. The molecule has 2 aromatic heterocycles. The van der Waals surface area contributed by atoms with Gasteiger partial charge in [0, 0.05) is 28.8 Å². The van der Waals surface area contributed by atoms with Crippen molar-refractivity contribution in [3.05, 3.63) is 29.9 Å². The number of nitrogens with zero attached hydrogens (tertiary/aromatic N) is 3. The zero-order chi connectivity index (χ0) is 16.6. The van der Waals surface area contributed by atoms with E-state index in [9.17, 15) is 4.79 Å². The zero-order valence-corrected chi connectivity index (χ0v) is 14.0. The maximum absolute atomic E-state index is 12.0. The third kappa shape index (κ3) is 3.57. The van der Waals surface area contributed by atoms with Crippen LogP contribution in [-0.4, -0.2) is 21.0 Å². The first kappa shape index (κ1) is 15.6. The van der Waals surface area contributed by atoms with Crippen LogP contribution in [0.4, 0.5) is 0 Å². The van der Waals surface area contributed by atoms with Gasteiger partial charge in [-0.2, -0.15) is 4.98 Å². The van der Waals surface area contributed by atoms with Gasteiger partial charge in [-0.15, -0.1) is 0 Å². The van der Waals surface area contributed by atoms with Gasteiger partial charge in [0.05, 0.1) is 0 Å². The minimum atomic E-state index is -0.457. The summed E-state index contributed by atoms with van der Waals surface area (Å²) >= 11 is 0. The fourth-order valence-corrected chi connectivity index (χ4v) is 2.19. The van der Waals surface area contributed by atoms with Crippen LogP contribution in [0, 0.1) is 5.41 Å². The number of pyridine rings is 1. The summed E-state index contributed by atoms with van der Waals surface area (Å²) in [4.78, 5) is 20.9. The molecule has 6 nitrogen and oxygen atoms in total. The Morgan fingerprint density at radius 1 is 1.39 bits per heavy atom. The predicted molar refractivity (Wildman–Crippen MR) is 85.5 cm³/mol. The second-order valence-electron chi connectivity index (χ2n) is 7.15. The van der Waals surface area contributed by atoms with Gasteiger partial charge in [-0.05, 0) is 31.9 Å². The smallest absolute Gasteiger partial charge is 0.249 e. The lowest BCUT2D eigenvalue weighted by Gasteiger charge is -2.19. The molecule has 0 unspecified atom stereocenters. The Labute approximate surface area is 135 Å². The first-order valence-electron chi connectivity index (χ1n) is 7.95. The first-order valence-corrected chi connectivity index (χ1v) is 7.95. The van der Waals surface area contributed by atoms with E-state index >= 15 is 0 Å². The van der Waals surface area contributed by atoms with E-state index in [1.165, 1.54) is 12.8 Å². The van der Waals surface area contributed by atoms with Crippen LogP contribution in [-0.2, 0) is 4.79 Å². The molecule has 23 heavy (non-hydrogen) atoms. The van der Waals surface area contributed by atoms with Crippen molar-refractivity contribution in [1.29, 1.82) is 0 Å². The fourth-order valence-electron chi connectivity index (χ4n) is 2.19. The summed E-state index contributed by atoms with van der Waals surface area (Å²) in [5.74, 6) is 1.46. The average molecular weight is 314 g/mol. The van der Waals surface area contributed by atoms with Gasteiger partial charge >= 0.3 is 0 Å². The summed E-state index contributed by atoms with van der Waals surface area (Å²) in [5, 5.41) is 6.93. The third-order valence-corrected chi connectivity index (χ3v) is 3.88. The summed E-state index contributed by atoms with van der Waals surface area (Å²) in [6, 6.07) is 3.57. The Morgan fingerprint density at radius 3 is 2.78 bits per heavy atom. The highest BCUT2D eigenvalue weighted by Gasteiger charge is 2.27. The second-order valence-corrected chi connectivity index (χ2v) is 7.15. The number of amides is 1. The summed E-state index contributed by atoms with van der Waals surface area (Å²) in [7, 11) is 0. The number of nitrogens with one attached hydrogen (secondary N) is 1. The molecule has 0 aromatic carbocycles. The van der Waals surface area contributed by atoms with Crippen LogP contribution < -0.4 is 5.32 Å². The van der Waals surface area contributed by atoms with E-state index in [4.69, 9.17) is 4.52 Å². The van der Waals surface area contributed by atoms with Gasteiger partial charge in [-0.1, -0.05) is 25.9 Å². The molecule has 6 heteroatoms. The zero-order valence-electron chi connectivity index (χ0n) is 14.0. The molecule has 2 aromatic rings. The number of hydrogen-bond donors (Lipinski definition) is 1. The van der Waals surface area contributed by atoms with Crippen molar-refractivity contribution in [2.75, 3.05) is 0 Å². The average Bonchev–Trinajstić information content (AvgIpc) is 3.23. The fraction of sp³-hybridized carbons (Fsp3) is 0.529. The van der Waals surface area contributed by atoms with E-state index in [0.717, 1.165) is 11.3 Å².